The zero-order valence-corrected chi connectivity index (χ0v) is 19.1. The Morgan fingerprint density at radius 2 is 1.26 bits per heavy atom. The Balaban J connectivity index is 1.30. The van der Waals surface area contributed by atoms with Gasteiger partial charge in [-0.3, -0.25) is 9.59 Å². The third-order valence-corrected chi connectivity index (χ3v) is 5.19. The molecule has 4 rings (SSSR count). The van der Waals surface area contributed by atoms with E-state index in [9.17, 15) is 9.59 Å². The second-order valence-corrected chi connectivity index (χ2v) is 7.71. The van der Waals surface area contributed by atoms with Gasteiger partial charge in [-0.1, -0.05) is 60.7 Å². The van der Waals surface area contributed by atoms with Crippen LogP contribution in [0, 0.1) is 0 Å². The standard InChI is InChI=1S/C29H26N2O4/c32-28(30-21-22-9-3-1-4-10-22)23-15-17-24(18-16-23)31-29(33)26-13-7-8-14-27(26)35-20-19-34-25-11-5-2-6-12-25/h1-18H,19-21H2,(H,30,32)(H,31,33). The molecule has 0 saturated carbocycles. The molecule has 0 fully saturated rings. The van der Waals surface area contributed by atoms with Crippen molar-refractivity contribution in [1.29, 1.82) is 0 Å². The summed E-state index contributed by atoms with van der Waals surface area (Å²) in [6, 6.07) is 33.0. The van der Waals surface area contributed by atoms with Gasteiger partial charge in [0.1, 0.15) is 24.7 Å². The van der Waals surface area contributed by atoms with Gasteiger partial charge in [-0.05, 0) is 54.1 Å². The number of ether oxygens (including phenoxy) is 2. The molecule has 0 heterocycles. The van der Waals surface area contributed by atoms with Gasteiger partial charge in [-0.15, -0.1) is 0 Å². The number of amides is 2. The average molecular weight is 467 g/mol. The molecule has 0 radical (unpaired) electrons. The lowest BCUT2D eigenvalue weighted by molar-refractivity contribution is 0.0950. The molecule has 2 amide bonds. The van der Waals surface area contributed by atoms with E-state index in [1.807, 2.05) is 66.7 Å². The first-order chi connectivity index (χ1) is 17.2. The molecule has 0 aliphatic carbocycles. The summed E-state index contributed by atoms with van der Waals surface area (Å²) in [5.74, 6) is 0.756. The van der Waals surface area contributed by atoms with Crippen LogP contribution < -0.4 is 20.1 Å². The van der Waals surface area contributed by atoms with Gasteiger partial charge < -0.3 is 20.1 Å². The number of carbonyl (C=O) groups excluding carboxylic acids is 2. The van der Waals surface area contributed by atoms with Crippen molar-refractivity contribution >= 4 is 17.5 Å². The zero-order chi connectivity index (χ0) is 24.3. The monoisotopic (exact) mass is 466 g/mol. The summed E-state index contributed by atoms with van der Waals surface area (Å²) in [4.78, 5) is 25.3. The summed E-state index contributed by atoms with van der Waals surface area (Å²) >= 11 is 0. The summed E-state index contributed by atoms with van der Waals surface area (Å²) in [5.41, 5.74) is 2.53. The minimum atomic E-state index is -0.300. The van der Waals surface area contributed by atoms with Crippen molar-refractivity contribution in [2.24, 2.45) is 0 Å². The summed E-state index contributed by atoms with van der Waals surface area (Å²) in [6.45, 7) is 1.10. The highest BCUT2D eigenvalue weighted by Gasteiger charge is 2.13. The lowest BCUT2D eigenvalue weighted by atomic mass is 10.1. The molecule has 0 aliphatic rings. The van der Waals surface area contributed by atoms with Gasteiger partial charge in [-0.2, -0.15) is 0 Å². The van der Waals surface area contributed by atoms with E-state index in [0.29, 0.717) is 42.3 Å². The maximum absolute atomic E-state index is 12.9. The normalized spacial score (nSPS) is 10.3. The summed E-state index contributed by atoms with van der Waals surface area (Å²) in [6.07, 6.45) is 0. The molecule has 0 spiro atoms. The third-order valence-electron chi connectivity index (χ3n) is 5.19. The summed E-state index contributed by atoms with van der Waals surface area (Å²) in [7, 11) is 0. The molecule has 0 saturated heterocycles. The molecule has 6 nitrogen and oxygen atoms in total. The molecule has 0 atom stereocenters. The van der Waals surface area contributed by atoms with Gasteiger partial charge in [0.05, 0.1) is 5.56 Å². The number of benzene rings is 4. The van der Waals surface area contributed by atoms with Crippen molar-refractivity contribution in [2.45, 2.75) is 6.54 Å². The van der Waals surface area contributed by atoms with Crippen LogP contribution in [0.15, 0.2) is 109 Å². The van der Waals surface area contributed by atoms with Crippen LogP contribution in [0.4, 0.5) is 5.69 Å². The fourth-order valence-electron chi connectivity index (χ4n) is 3.39. The van der Waals surface area contributed by atoms with Crippen LogP contribution in [-0.2, 0) is 6.54 Å². The minimum absolute atomic E-state index is 0.178. The number of para-hydroxylation sites is 2. The summed E-state index contributed by atoms with van der Waals surface area (Å²) < 4.78 is 11.4. The van der Waals surface area contributed by atoms with Crippen LogP contribution in [0.5, 0.6) is 11.5 Å². The molecule has 176 valence electrons. The van der Waals surface area contributed by atoms with Crippen molar-refractivity contribution < 1.29 is 19.1 Å². The molecular formula is C29H26N2O4. The van der Waals surface area contributed by atoms with E-state index in [-0.39, 0.29) is 11.8 Å². The molecule has 35 heavy (non-hydrogen) atoms. The largest absolute Gasteiger partial charge is 0.490 e. The third kappa shape index (κ3) is 6.95. The van der Waals surface area contributed by atoms with Gasteiger partial charge in [-0.25, -0.2) is 0 Å². The van der Waals surface area contributed by atoms with Crippen LogP contribution in [0.3, 0.4) is 0 Å². The van der Waals surface area contributed by atoms with E-state index in [0.717, 1.165) is 11.3 Å². The molecule has 0 bridgehead atoms. The maximum Gasteiger partial charge on any atom is 0.259 e. The molecule has 4 aromatic carbocycles. The maximum atomic E-state index is 12.9. The Labute approximate surface area is 204 Å². The highest BCUT2D eigenvalue weighted by Crippen LogP contribution is 2.20. The van der Waals surface area contributed by atoms with Crippen LogP contribution >= 0.6 is 0 Å². The van der Waals surface area contributed by atoms with E-state index in [2.05, 4.69) is 10.6 Å². The van der Waals surface area contributed by atoms with Gasteiger partial charge in [0, 0.05) is 17.8 Å². The molecule has 4 aromatic rings. The predicted molar refractivity (Wildman–Crippen MR) is 136 cm³/mol. The SMILES string of the molecule is O=C(NCc1ccccc1)c1ccc(NC(=O)c2ccccc2OCCOc2ccccc2)cc1. The Kier molecular flexibility index (Phi) is 8.11. The second-order valence-electron chi connectivity index (χ2n) is 7.71. The lowest BCUT2D eigenvalue weighted by Crippen LogP contribution is -2.22. The van der Waals surface area contributed by atoms with Gasteiger partial charge in [0.2, 0.25) is 0 Å². The molecule has 0 aliphatic heterocycles. The number of anilines is 1. The molecule has 0 unspecified atom stereocenters. The predicted octanol–water partition coefficient (Wildman–Crippen LogP) is 5.33. The Morgan fingerprint density at radius 3 is 2.00 bits per heavy atom. The molecule has 0 aromatic heterocycles. The highest BCUT2D eigenvalue weighted by atomic mass is 16.5. The topological polar surface area (TPSA) is 76.7 Å². The second kappa shape index (κ2) is 12.0. The van der Waals surface area contributed by atoms with Crippen LogP contribution in [0.1, 0.15) is 26.3 Å². The van der Waals surface area contributed by atoms with Crippen molar-refractivity contribution in [2.75, 3.05) is 18.5 Å². The highest BCUT2D eigenvalue weighted by molar-refractivity contribution is 6.06. The van der Waals surface area contributed by atoms with E-state index in [1.165, 1.54) is 0 Å². The fourth-order valence-corrected chi connectivity index (χ4v) is 3.39. The number of hydrogen-bond donors (Lipinski definition) is 2. The Morgan fingerprint density at radius 1 is 0.629 bits per heavy atom. The fraction of sp³-hybridized carbons (Fsp3) is 0.103. The van der Waals surface area contributed by atoms with Crippen LogP contribution in [-0.4, -0.2) is 25.0 Å². The quantitative estimate of drug-likeness (QED) is 0.310. The number of rotatable bonds is 10. The number of hydrogen-bond acceptors (Lipinski definition) is 4. The van der Waals surface area contributed by atoms with Crippen molar-refractivity contribution in [1.82, 2.24) is 5.32 Å². The van der Waals surface area contributed by atoms with Crippen LogP contribution in [0.25, 0.3) is 0 Å². The molecule has 2 N–H and O–H groups in total. The van der Waals surface area contributed by atoms with E-state index in [4.69, 9.17) is 9.47 Å². The van der Waals surface area contributed by atoms with E-state index >= 15 is 0 Å². The van der Waals surface area contributed by atoms with Crippen LogP contribution in [0.2, 0.25) is 0 Å². The van der Waals surface area contributed by atoms with Crippen molar-refractivity contribution in [3.8, 4) is 11.5 Å². The average Bonchev–Trinajstić information content (AvgIpc) is 2.91. The smallest absolute Gasteiger partial charge is 0.259 e. The lowest BCUT2D eigenvalue weighted by Gasteiger charge is -2.13. The van der Waals surface area contributed by atoms with E-state index < -0.39 is 0 Å². The minimum Gasteiger partial charge on any atom is -0.490 e. The molecular weight excluding hydrogens is 440 g/mol. The molecule has 6 heteroatoms. The van der Waals surface area contributed by atoms with Crippen molar-refractivity contribution in [3.05, 3.63) is 126 Å². The van der Waals surface area contributed by atoms with Gasteiger partial charge in [0.25, 0.3) is 11.8 Å². The number of carbonyl (C=O) groups is 2. The first-order valence-corrected chi connectivity index (χ1v) is 11.3. The van der Waals surface area contributed by atoms with Crippen molar-refractivity contribution in [3.63, 3.8) is 0 Å². The Bertz CT molecular complexity index is 1240. The van der Waals surface area contributed by atoms with Gasteiger partial charge >= 0.3 is 0 Å². The first kappa shape index (κ1) is 23.6. The summed E-state index contributed by atoms with van der Waals surface area (Å²) in [5, 5.41) is 5.75. The van der Waals surface area contributed by atoms with E-state index in [1.54, 1.807) is 42.5 Å². The Hall–Kier alpha value is -4.58. The van der Waals surface area contributed by atoms with Gasteiger partial charge in [0.15, 0.2) is 0 Å². The number of nitrogens with one attached hydrogen (secondary N) is 2. The first-order valence-electron chi connectivity index (χ1n) is 11.3. The zero-order valence-electron chi connectivity index (χ0n) is 19.1.